The van der Waals surface area contributed by atoms with Crippen LogP contribution in [0.5, 0.6) is 0 Å². The highest BCUT2D eigenvalue weighted by Crippen LogP contribution is 2.30. The van der Waals surface area contributed by atoms with Gasteiger partial charge in [0.25, 0.3) is 5.56 Å². The van der Waals surface area contributed by atoms with Crippen LogP contribution in [-0.4, -0.2) is 31.4 Å². The predicted molar refractivity (Wildman–Crippen MR) is 125 cm³/mol. The molecule has 0 spiro atoms. The Hall–Kier alpha value is -4.92. The van der Waals surface area contributed by atoms with E-state index < -0.39 is 29.0 Å². The Morgan fingerprint density at radius 2 is 1.78 bits per heavy atom. The fourth-order valence-electron chi connectivity index (χ4n) is 4.25. The molecule has 9 nitrogen and oxygen atoms in total. The molecule has 3 heterocycles. The van der Waals surface area contributed by atoms with Crippen LogP contribution in [0.3, 0.4) is 0 Å². The van der Waals surface area contributed by atoms with Crippen molar-refractivity contribution in [2.75, 3.05) is 6.54 Å². The van der Waals surface area contributed by atoms with Crippen molar-refractivity contribution >= 4 is 5.91 Å². The number of aromatic nitrogens is 4. The summed E-state index contributed by atoms with van der Waals surface area (Å²) >= 11 is 0. The van der Waals surface area contributed by atoms with Crippen LogP contribution in [0.4, 0.5) is 13.2 Å². The third-order valence-corrected chi connectivity index (χ3v) is 6.05. The van der Waals surface area contributed by atoms with Crippen molar-refractivity contribution in [1.82, 2.24) is 24.2 Å². The molecule has 1 aliphatic rings. The maximum absolute atomic E-state index is 13.6. The standard InChI is InChI=1S/C25H17F3N6O3/c26-25(27,28)16-2-1-3-18(10-16)32-14-20(23(36)33(24(32)37)19-11-22(35)30-13-19)21-8-9-31-34(21)17-6-4-15(12-29)5-7-17/h1-10,14,19H,11,13H2,(H,30,35). The Labute approximate surface area is 206 Å². The molecule has 1 saturated heterocycles. The van der Waals surface area contributed by atoms with Crippen molar-refractivity contribution in [1.29, 1.82) is 5.26 Å². The lowest BCUT2D eigenvalue weighted by Crippen LogP contribution is -2.43. The van der Waals surface area contributed by atoms with E-state index in [9.17, 15) is 27.6 Å². The van der Waals surface area contributed by atoms with Gasteiger partial charge in [0, 0.05) is 19.2 Å². The van der Waals surface area contributed by atoms with Gasteiger partial charge in [0.15, 0.2) is 0 Å². The van der Waals surface area contributed by atoms with Gasteiger partial charge in [-0.3, -0.25) is 18.7 Å². The fraction of sp³-hybridized carbons (Fsp3) is 0.160. The second kappa shape index (κ2) is 8.94. The van der Waals surface area contributed by atoms with E-state index in [2.05, 4.69) is 10.4 Å². The summed E-state index contributed by atoms with van der Waals surface area (Å²) < 4.78 is 43.5. The maximum atomic E-state index is 13.6. The van der Waals surface area contributed by atoms with Gasteiger partial charge in [-0.15, -0.1) is 0 Å². The van der Waals surface area contributed by atoms with Crippen molar-refractivity contribution < 1.29 is 18.0 Å². The third-order valence-electron chi connectivity index (χ3n) is 6.05. The lowest BCUT2D eigenvalue weighted by atomic mass is 10.1. The number of hydrogen-bond donors (Lipinski definition) is 1. The summed E-state index contributed by atoms with van der Waals surface area (Å²) in [6, 6.07) is 13.3. The van der Waals surface area contributed by atoms with Gasteiger partial charge in [0.2, 0.25) is 5.91 Å². The number of carbonyl (C=O) groups is 1. The van der Waals surface area contributed by atoms with E-state index in [0.717, 1.165) is 21.3 Å². The summed E-state index contributed by atoms with van der Waals surface area (Å²) in [5.74, 6) is -0.352. The van der Waals surface area contributed by atoms with E-state index in [1.54, 1.807) is 24.3 Å². The van der Waals surface area contributed by atoms with Gasteiger partial charge in [-0.05, 0) is 48.5 Å². The number of hydrogen-bond acceptors (Lipinski definition) is 5. The quantitative estimate of drug-likeness (QED) is 0.457. The molecule has 1 N–H and O–H groups in total. The molecular weight excluding hydrogens is 489 g/mol. The molecule has 1 fully saturated rings. The fourth-order valence-corrected chi connectivity index (χ4v) is 4.25. The Bertz CT molecular complexity index is 1680. The van der Waals surface area contributed by atoms with Crippen molar-refractivity contribution in [2.45, 2.75) is 18.6 Å². The van der Waals surface area contributed by atoms with E-state index >= 15 is 0 Å². The van der Waals surface area contributed by atoms with Crippen molar-refractivity contribution in [3.05, 3.63) is 99.0 Å². The summed E-state index contributed by atoms with van der Waals surface area (Å²) in [7, 11) is 0. The molecule has 1 unspecified atom stereocenters. The molecular formula is C25H17F3N6O3. The first-order chi connectivity index (χ1) is 17.7. The van der Waals surface area contributed by atoms with Crippen molar-refractivity contribution in [3.63, 3.8) is 0 Å². The van der Waals surface area contributed by atoms with Crippen molar-refractivity contribution in [2.24, 2.45) is 0 Å². The molecule has 37 heavy (non-hydrogen) atoms. The molecule has 5 rings (SSSR count). The Morgan fingerprint density at radius 3 is 2.43 bits per heavy atom. The van der Waals surface area contributed by atoms with Crippen LogP contribution in [0.15, 0.2) is 76.6 Å². The van der Waals surface area contributed by atoms with Crippen LogP contribution in [0.25, 0.3) is 22.6 Å². The molecule has 4 aromatic rings. The average Bonchev–Trinajstić information content (AvgIpc) is 3.53. The molecule has 186 valence electrons. The topological polar surface area (TPSA) is 115 Å². The monoisotopic (exact) mass is 506 g/mol. The average molecular weight is 506 g/mol. The van der Waals surface area contributed by atoms with E-state index in [1.807, 2.05) is 6.07 Å². The number of amides is 1. The number of nitrogens with zero attached hydrogens (tertiary/aromatic N) is 5. The normalized spacial score (nSPS) is 15.4. The molecule has 2 aromatic carbocycles. The summed E-state index contributed by atoms with van der Waals surface area (Å²) in [4.78, 5) is 38.9. The summed E-state index contributed by atoms with van der Waals surface area (Å²) in [5, 5.41) is 15.9. The zero-order valence-electron chi connectivity index (χ0n) is 18.9. The minimum atomic E-state index is -4.65. The number of benzene rings is 2. The zero-order chi connectivity index (χ0) is 26.3. The SMILES string of the molecule is N#Cc1ccc(-n2nccc2-c2cn(-c3cccc(C(F)(F)F)c3)c(=O)n(C3CNC(=O)C3)c2=O)cc1. The lowest BCUT2D eigenvalue weighted by molar-refractivity contribution is -0.137. The van der Waals surface area contributed by atoms with E-state index in [0.29, 0.717) is 11.3 Å². The highest BCUT2D eigenvalue weighted by Gasteiger charge is 2.32. The molecule has 12 heteroatoms. The highest BCUT2D eigenvalue weighted by molar-refractivity contribution is 5.78. The molecule has 0 aliphatic carbocycles. The van der Waals surface area contributed by atoms with E-state index in [4.69, 9.17) is 5.26 Å². The van der Waals surface area contributed by atoms with Gasteiger partial charge in [-0.2, -0.15) is 23.5 Å². The molecule has 0 saturated carbocycles. The lowest BCUT2D eigenvalue weighted by Gasteiger charge is -2.18. The third kappa shape index (κ3) is 4.31. The zero-order valence-corrected chi connectivity index (χ0v) is 18.9. The number of alkyl halides is 3. The number of nitrogens with one attached hydrogen (secondary N) is 1. The number of rotatable bonds is 4. The van der Waals surface area contributed by atoms with Crippen LogP contribution >= 0.6 is 0 Å². The van der Waals surface area contributed by atoms with Crippen LogP contribution in [0.2, 0.25) is 0 Å². The minimum absolute atomic E-state index is 0.0155. The summed E-state index contributed by atoms with van der Waals surface area (Å²) in [6.45, 7) is 0.0227. The van der Waals surface area contributed by atoms with Crippen LogP contribution in [0, 0.1) is 11.3 Å². The Balaban J connectivity index is 1.75. The number of carbonyl (C=O) groups excluding carboxylic acids is 1. The molecule has 0 bridgehead atoms. The Morgan fingerprint density at radius 1 is 1.03 bits per heavy atom. The van der Waals surface area contributed by atoms with Crippen LogP contribution in [0.1, 0.15) is 23.6 Å². The molecule has 1 atom stereocenters. The first kappa shape index (κ1) is 23.8. The number of nitriles is 1. The molecule has 1 aliphatic heterocycles. The van der Waals surface area contributed by atoms with E-state index in [-0.39, 0.29) is 35.8 Å². The minimum Gasteiger partial charge on any atom is -0.354 e. The van der Waals surface area contributed by atoms with Gasteiger partial charge in [-0.25, -0.2) is 9.48 Å². The number of halogens is 3. The summed E-state index contributed by atoms with van der Waals surface area (Å²) in [6.07, 6.45) is -2.17. The highest BCUT2D eigenvalue weighted by atomic mass is 19.4. The maximum Gasteiger partial charge on any atom is 0.416 e. The predicted octanol–water partition coefficient (Wildman–Crippen LogP) is 2.80. The molecule has 2 aromatic heterocycles. The van der Waals surface area contributed by atoms with Crippen molar-refractivity contribution in [3.8, 4) is 28.7 Å². The smallest absolute Gasteiger partial charge is 0.354 e. The molecule has 0 radical (unpaired) electrons. The van der Waals surface area contributed by atoms with Gasteiger partial charge in [-0.1, -0.05) is 6.07 Å². The molecule has 1 amide bonds. The first-order valence-electron chi connectivity index (χ1n) is 11.0. The van der Waals surface area contributed by atoms with E-state index in [1.165, 1.54) is 35.3 Å². The van der Waals surface area contributed by atoms with Crippen LogP contribution in [-0.2, 0) is 11.0 Å². The van der Waals surface area contributed by atoms with Gasteiger partial charge < -0.3 is 5.32 Å². The van der Waals surface area contributed by atoms with Gasteiger partial charge >= 0.3 is 11.9 Å². The largest absolute Gasteiger partial charge is 0.416 e. The van der Waals surface area contributed by atoms with Gasteiger partial charge in [0.05, 0.1) is 52.1 Å². The van der Waals surface area contributed by atoms with Gasteiger partial charge in [0.1, 0.15) is 0 Å². The Kier molecular flexibility index (Phi) is 5.75. The first-order valence-corrected chi connectivity index (χ1v) is 11.0. The second-order valence-corrected chi connectivity index (χ2v) is 8.37. The van der Waals surface area contributed by atoms with Crippen LogP contribution < -0.4 is 16.6 Å². The second-order valence-electron chi connectivity index (χ2n) is 8.37. The summed E-state index contributed by atoms with van der Waals surface area (Å²) in [5.41, 5.74) is -1.48.